The summed E-state index contributed by atoms with van der Waals surface area (Å²) in [7, 11) is 0. The molecule has 4 aromatic rings. The lowest BCUT2D eigenvalue weighted by molar-refractivity contribution is 0.375. The molecule has 0 spiro atoms. The molecule has 0 aliphatic heterocycles. The van der Waals surface area contributed by atoms with E-state index in [1.54, 1.807) is 18.5 Å². The summed E-state index contributed by atoms with van der Waals surface area (Å²) in [6, 6.07) is 14.3. The molecule has 0 unspecified atom stereocenters. The summed E-state index contributed by atoms with van der Waals surface area (Å²) in [5, 5.41) is 4.33. The Labute approximate surface area is 160 Å². The molecule has 136 valence electrons. The molecule has 4 rings (SSSR count). The first kappa shape index (κ1) is 17.4. The second kappa shape index (κ2) is 7.32. The van der Waals surface area contributed by atoms with Crippen molar-refractivity contribution in [3.05, 3.63) is 77.4 Å². The van der Waals surface area contributed by atoms with E-state index in [1.807, 2.05) is 41.8 Å². The zero-order valence-corrected chi connectivity index (χ0v) is 15.3. The monoisotopic (exact) mass is 382 g/mol. The third-order valence-corrected chi connectivity index (χ3v) is 4.43. The third kappa shape index (κ3) is 3.48. The number of aromatic nitrogens is 4. The molecule has 0 N–H and O–H groups in total. The molecule has 0 aliphatic carbocycles. The van der Waals surface area contributed by atoms with Gasteiger partial charge >= 0.3 is 0 Å². The van der Waals surface area contributed by atoms with Crippen LogP contribution in [0.5, 0.6) is 0 Å². The van der Waals surface area contributed by atoms with E-state index in [0.717, 1.165) is 5.56 Å². The van der Waals surface area contributed by atoms with Crippen LogP contribution in [-0.2, 0) is 13.0 Å². The van der Waals surface area contributed by atoms with E-state index in [4.69, 9.17) is 16.1 Å². The van der Waals surface area contributed by atoms with Crippen molar-refractivity contribution < 1.29 is 8.91 Å². The SMILES string of the molecule is CCc1nc(Cn2cnc(-c3ccccc3)c2-c2ccc(Cl)cc2F)no1. The number of aryl methyl sites for hydroxylation is 1. The summed E-state index contributed by atoms with van der Waals surface area (Å²) in [5.41, 5.74) is 2.62. The molecule has 27 heavy (non-hydrogen) atoms. The quantitative estimate of drug-likeness (QED) is 0.487. The number of halogens is 2. The van der Waals surface area contributed by atoms with Crippen molar-refractivity contribution in [3.8, 4) is 22.5 Å². The Balaban J connectivity index is 1.85. The number of imidazole rings is 1. The van der Waals surface area contributed by atoms with Gasteiger partial charge in [0, 0.05) is 22.6 Å². The van der Waals surface area contributed by atoms with Crippen molar-refractivity contribution in [1.29, 1.82) is 0 Å². The van der Waals surface area contributed by atoms with E-state index in [9.17, 15) is 4.39 Å². The maximum atomic E-state index is 14.7. The van der Waals surface area contributed by atoms with Crippen LogP contribution in [0.3, 0.4) is 0 Å². The first-order chi connectivity index (χ1) is 13.2. The minimum absolute atomic E-state index is 0.320. The second-order valence-corrected chi connectivity index (χ2v) is 6.45. The fourth-order valence-corrected chi connectivity index (χ4v) is 3.08. The summed E-state index contributed by atoms with van der Waals surface area (Å²) in [5.74, 6) is 0.663. The fourth-order valence-electron chi connectivity index (χ4n) is 2.92. The molecule has 7 heteroatoms. The van der Waals surface area contributed by atoms with Crippen molar-refractivity contribution in [1.82, 2.24) is 19.7 Å². The molecule has 2 heterocycles. The average molecular weight is 383 g/mol. The summed E-state index contributed by atoms with van der Waals surface area (Å²) in [4.78, 5) is 8.86. The molecule has 0 fully saturated rings. The van der Waals surface area contributed by atoms with Gasteiger partial charge in [0.25, 0.3) is 0 Å². The van der Waals surface area contributed by atoms with Gasteiger partial charge in [0.15, 0.2) is 5.82 Å². The fraction of sp³-hybridized carbons (Fsp3) is 0.150. The van der Waals surface area contributed by atoms with Gasteiger partial charge in [-0.2, -0.15) is 4.98 Å². The van der Waals surface area contributed by atoms with E-state index < -0.39 is 5.82 Å². The van der Waals surface area contributed by atoms with Crippen LogP contribution < -0.4 is 0 Å². The van der Waals surface area contributed by atoms with Gasteiger partial charge in [-0.25, -0.2) is 9.37 Å². The number of hydrogen-bond donors (Lipinski definition) is 0. The zero-order chi connectivity index (χ0) is 18.8. The molecular weight excluding hydrogens is 367 g/mol. The first-order valence-electron chi connectivity index (χ1n) is 8.53. The van der Waals surface area contributed by atoms with Crippen LogP contribution in [0.2, 0.25) is 5.02 Å². The van der Waals surface area contributed by atoms with E-state index in [2.05, 4.69) is 15.1 Å². The van der Waals surface area contributed by atoms with Crippen LogP contribution in [0.4, 0.5) is 4.39 Å². The van der Waals surface area contributed by atoms with E-state index >= 15 is 0 Å². The van der Waals surface area contributed by atoms with Gasteiger partial charge in [0.05, 0.1) is 24.3 Å². The standard InChI is InChI=1S/C20H16ClFN4O/c1-2-18-24-17(25-27-18)11-26-12-23-19(13-6-4-3-5-7-13)20(26)15-9-8-14(21)10-16(15)22/h3-10,12H,2,11H2,1H3. The molecule has 2 aromatic heterocycles. The molecule has 5 nitrogen and oxygen atoms in total. The topological polar surface area (TPSA) is 56.7 Å². The van der Waals surface area contributed by atoms with Crippen molar-refractivity contribution in [2.45, 2.75) is 19.9 Å². The van der Waals surface area contributed by atoms with Gasteiger partial charge in [-0.05, 0) is 18.2 Å². The lowest BCUT2D eigenvalue weighted by Crippen LogP contribution is -2.04. The highest BCUT2D eigenvalue weighted by Crippen LogP contribution is 2.34. The second-order valence-electron chi connectivity index (χ2n) is 6.02. The molecule has 0 saturated heterocycles. The Morgan fingerprint density at radius 3 is 2.67 bits per heavy atom. The molecule has 0 aliphatic rings. The van der Waals surface area contributed by atoms with Gasteiger partial charge in [0.1, 0.15) is 5.82 Å². The Kier molecular flexibility index (Phi) is 4.73. The van der Waals surface area contributed by atoms with Gasteiger partial charge in [0.2, 0.25) is 5.89 Å². The molecule has 0 amide bonds. The number of rotatable bonds is 5. The zero-order valence-electron chi connectivity index (χ0n) is 14.6. The van der Waals surface area contributed by atoms with Crippen LogP contribution in [0.25, 0.3) is 22.5 Å². The molecule has 0 bridgehead atoms. The van der Waals surface area contributed by atoms with E-state index in [0.29, 0.717) is 46.7 Å². The predicted molar refractivity (Wildman–Crippen MR) is 101 cm³/mol. The molecule has 0 radical (unpaired) electrons. The largest absolute Gasteiger partial charge is 0.339 e. The summed E-state index contributed by atoms with van der Waals surface area (Å²) >= 11 is 5.93. The summed E-state index contributed by atoms with van der Waals surface area (Å²) < 4.78 is 21.7. The van der Waals surface area contributed by atoms with Crippen molar-refractivity contribution in [3.63, 3.8) is 0 Å². The van der Waals surface area contributed by atoms with Crippen LogP contribution in [0, 0.1) is 5.82 Å². The molecule has 2 aromatic carbocycles. The molecular formula is C20H16ClFN4O. The Hall–Kier alpha value is -2.99. The highest BCUT2D eigenvalue weighted by Gasteiger charge is 2.19. The minimum Gasteiger partial charge on any atom is -0.339 e. The lowest BCUT2D eigenvalue weighted by atomic mass is 10.0. The first-order valence-corrected chi connectivity index (χ1v) is 8.91. The van der Waals surface area contributed by atoms with Crippen LogP contribution in [0.15, 0.2) is 59.4 Å². The smallest absolute Gasteiger partial charge is 0.226 e. The highest BCUT2D eigenvalue weighted by molar-refractivity contribution is 6.30. The maximum absolute atomic E-state index is 14.7. The van der Waals surface area contributed by atoms with Gasteiger partial charge in [-0.15, -0.1) is 0 Å². The number of nitrogens with zero attached hydrogens (tertiary/aromatic N) is 4. The average Bonchev–Trinajstić information content (AvgIpc) is 3.30. The normalized spacial score (nSPS) is 11.1. The maximum Gasteiger partial charge on any atom is 0.226 e. The van der Waals surface area contributed by atoms with E-state index in [-0.39, 0.29) is 0 Å². The van der Waals surface area contributed by atoms with Crippen LogP contribution in [0.1, 0.15) is 18.6 Å². The van der Waals surface area contributed by atoms with Crippen molar-refractivity contribution >= 4 is 11.6 Å². The summed E-state index contributed by atoms with van der Waals surface area (Å²) in [6.45, 7) is 2.26. The van der Waals surface area contributed by atoms with Gasteiger partial charge in [-0.3, -0.25) is 0 Å². The Bertz CT molecular complexity index is 1070. The summed E-state index contributed by atoms with van der Waals surface area (Å²) in [6.07, 6.45) is 2.32. The predicted octanol–water partition coefficient (Wildman–Crippen LogP) is 5.00. The third-order valence-electron chi connectivity index (χ3n) is 4.20. The van der Waals surface area contributed by atoms with Crippen LogP contribution >= 0.6 is 11.6 Å². The highest BCUT2D eigenvalue weighted by atomic mass is 35.5. The number of hydrogen-bond acceptors (Lipinski definition) is 4. The van der Waals surface area contributed by atoms with Gasteiger partial charge < -0.3 is 9.09 Å². The Morgan fingerprint density at radius 2 is 1.96 bits per heavy atom. The number of benzene rings is 2. The van der Waals surface area contributed by atoms with Gasteiger partial charge in [-0.1, -0.05) is 54.0 Å². The lowest BCUT2D eigenvalue weighted by Gasteiger charge is -2.10. The molecule has 0 saturated carbocycles. The molecule has 0 atom stereocenters. The van der Waals surface area contributed by atoms with Crippen molar-refractivity contribution in [2.75, 3.05) is 0 Å². The van der Waals surface area contributed by atoms with Crippen LogP contribution in [-0.4, -0.2) is 19.7 Å². The Morgan fingerprint density at radius 1 is 1.15 bits per heavy atom. The van der Waals surface area contributed by atoms with E-state index in [1.165, 1.54) is 6.07 Å². The van der Waals surface area contributed by atoms with Crippen molar-refractivity contribution in [2.24, 2.45) is 0 Å². The minimum atomic E-state index is -0.413.